The van der Waals surface area contributed by atoms with Crippen molar-refractivity contribution in [3.63, 3.8) is 0 Å². The van der Waals surface area contributed by atoms with Crippen molar-refractivity contribution in [2.45, 2.75) is 43.9 Å². The first-order valence-corrected chi connectivity index (χ1v) is 11.0. The summed E-state index contributed by atoms with van der Waals surface area (Å²) in [5.41, 5.74) is 1.01. The van der Waals surface area contributed by atoms with E-state index in [-0.39, 0.29) is 11.3 Å². The lowest BCUT2D eigenvalue weighted by atomic mass is 9.86. The highest BCUT2D eigenvalue weighted by Gasteiger charge is 2.30. The van der Waals surface area contributed by atoms with Crippen molar-refractivity contribution in [3.8, 4) is 22.5 Å². The Morgan fingerprint density at radius 2 is 1.82 bits per heavy atom. The van der Waals surface area contributed by atoms with Gasteiger partial charge < -0.3 is 10.1 Å². The zero-order valence-corrected chi connectivity index (χ0v) is 18.3. The Balaban J connectivity index is 1.70. The van der Waals surface area contributed by atoms with Crippen molar-refractivity contribution in [1.29, 1.82) is 0 Å². The Kier molecular flexibility index (Phi) is 5.47. The molecule has 2 N–H and O–H groups in total. The second-order valence-electron chi connectivity index (χ2n) is 8.64. The molecule has 7 nitrogen and oxygen atoms in total. The molecule has 0 spiro atoms. The van der Waals surface area contributed by atoms with Gasteiger partial charge in [0.25, 0.3) is 5.56 Å². The molecule has 2 atom stereocenters. The van der Waals surface area contributed by atoms with Crippen molar-refractivity contribution in [2.24, 2.45) is 7.05 Å². The maximum Gasteiger partial charge on any atom is 0.416 e. The van der Waals surface area contributed by atoms with Crippen LogP contribution >= 0.6 is 0 Å². The summed E-state index contributed by atoms with van der Waals surface area (Å²) < 4.78 is 40.6. The molecule has 10 heteroatoms. The highest BCUT2D eigenvalue weighted by atomic mass is 19.4. The molecule has 1 aliphatic rings. The number of H-pyrrole nitrogens is 1. The van der Waals surface area contributed by atoms with Gasteiger partial charge in [-0.25, -0.2) is 9.97 Å². The standard InChI is InChI=1S/C24H22F3N5O2/c1-32-12-14(11-28-32)20-21-17(23(34)31-22(30-21)16-4-2-3-5-19(16)33)10-18(29-20)13-6-8-15(9-7-13)24(25,26)27/h6-12,16,19,33H,2-5H2,1H3,(H,30,31,34)/t16-,19-/m1/s1. The largest absolute Gasteiger partial charge is 0.416 e. The van der Waals surface area contributed by atoms with Gasteiger partial charge >= 0.3 is 6.18 Å². The van der Waals surface area contributed by atoms with Crippen LogP contribution in [-0.4, -0.2) is 35.9 Å². The molecule has 1 saturated carbocycles. The van der Waals surface area contributed by atoms with E-state index in [4.69, 9.17) is 4.98 Å². The molecule has 34 heavy (non-hydrogen) atoms. The number of pyridine rings is 1. The third-order valence-electron chi connectivity index (χ3n) is 6.28. The maximum atomic E-state index is 13.1. The molecule has 0 bridgehead atoms. The molecule has 1 fully saturated rings. The molecule has 4 aromatic rings. The molecule has 176 valence electrons. The van der Waals surface area contributed by atoms with E-state index >= 15 is 0 Å². The summed E-state index contributed by atoms with van der Waals surface area (Å²) >= 11 is 0. The van der Waals surface area contributed by atoms with Crippen molar-refractivity contribution in [2.75, 3.05) is 0 Å². The summed E-state index contributed by atoms with van der Waals surface area (Å²) in [6.45, 7) is 0. The number of aryl methyl sites for hydroxylation is 1. The van der Waals surface area contributed by atoms with E-state index in [1.54, 1.807) is 24.1 Å². The van der Waals surface area contributed by atoms with Crippen LogP contribution in [-0.2, 0) is 13.2 Å². The third kappa shape index (κ3) is 4.09. The number of fused-ring (bicyclic) bond motifs is 1. The number of hydrogen-bond acceptors (Lipinski definition) is 5. The Morgan fingerprint density at radius 3 is 2.47 bits per heavy atom. The van der Waals surface area contributed by atoms with Crippen LogP contribution < -0.4 is 5.56 Å². The minimum absolute atomic E-state index is 0.262. The van der Waals surface area contributed by atoms with Crippen molar-refractivity contribution < 1.29 is 18.3 Å². The summed E-state index contributed by atoms with van der Waals surface area (Å²) in [5.74, 6) is 0.140. The topological polar surface area (TPSA) is 96.7 Å². The second kappa shape index (κ2) is 8.35. The molecule has 0 unspecified atom stereocenters. The van der Waals surface area contributed by atoms with Crippen molar-refractivity contribution in [3.05, 3.63) is 64.5 Å². The van der Waals surface area contributed by atoms with Gasteiger partial charge in [-0.1, -0.05) is 25.0 Å². The number of aromatic amines is 1. The van der Waals surface area contributed by atoms with Gasteiger partial charge in [-0.3, -0.25) is 9.48 Å². The zero-order valence-electron chi connectivity index (χ0n) is 18.3. The van der Waals surface area contributed by atoms with Gasteiger partial charge in [-0.15, -0.1) is 0 Å². The fraction of sp³-hybridized carbons (Fsp3) is 0.333. The quantitative estimate of drug-likeness (QED) is 0.463. The normalized spacial score (nSPS) is 19.0. The Labute approximate surface area is 192 Å². The summed E-state index contributed by atoms with van der Waals surface area (Å²) in [6.07, 6.45) is 1.51. The van der Waals surface area contributed by atoms with Crippen LogP contribution in [0.2, 0.25) is 0 Å². The van der Waals surface area contributed by atoms with Gasteiger partial charge in [0.1, 0.15) is 17.0 Å². The van der Waals surface area contributed by atoms with Gasteiger partial charge in [0.05, 0.1) is 28.9 Å². The fourth-order valence-electron chi connectivity index (χ4n) is 4.49. The first kappa shape index (κ1) is 22.3. The van der Waals surface area contributed by atoms with Crippen LogP contribution in [0.3, 0.4) is 0 Å². The molecular formula is C24H22F3N5O2. The third-order valence-corrected chi connectivity index (χ3v) is 6.28. The van der Waals surface area contributed by atoms with Gasteiger partial charge in [0.2, 0.25) is 0 Å². The summed E-state index contributed by atoms with van der Waals surface area (Å²) in [4.78, 5) is 25.3. The monoisotopic (exact) mass is 469 g/mol. The summed E-state index contributed by atoms with van der Waals surface area (Å²) in [6, 6.07) is 6.17. The molecule has 0 saturated heterocycles. The average molecular weight is 469 g/mol. The Hall–Kier alpha value is -3.53. The van der Waals surface area contributed by atoms with E-state index in [0.29, 0.717) is 40.3 Å². The number of nitrogens with one attached hydrogen (secondary N) is 1. The van der Waals surface area contributed by atoms with E-state index in [2.05, 4.69) is 15.1 Å². The van der Waals surface area contributed by atoms with Gasteiger partial charge in [-0.2, -0.15) is 18.3 Å². The van der Waals surface area contributed by atoms with E-state index in [9.17, 15) is 23.1 Å². The van der Waals surface area contributed by atoms with Crippen LogP contribution in [0.25, 0.3) is 33.4 Å². The van der Waals surface area contributed by atoms with E-state index in [1.807, 2.05) is 0 Å². The van der Waals surface area contributed by atoms with Crippen molar-refractivity contribution >= 4 is 10.9 Å². The number of benzene rings is 1. The average Bonchev–Trinajstić information content (AvgIpc) is 3.24. The molecule has 5 rings (SSSR count). The van der Waals surface area contributed by atoms with Crippen molar-refractivity contribution in [1.82, 2.24) is 24.7 Å². The van der Waals surface area contributed by atoms with Gasteiger partial charge in [0.15, 0.2) is 0 Å². The number of aliphatic hydroxyl groups excluding tert-OH is 1. The minimum atomic E-state index is -4.45. The molecule has 0 aliphatic heterocycles. The predicted molar refractivity (Wildman–Crippen MR) is 120 cm³/mol. The Bertz CT molecular complexity index is 1410. The molecule has 0 radical (unpaired) electrons. The zero-order chi connectivity index (χ0) is 24.0. The lowest BCUT2D eigenvalue weighted by molar-refractivity contribution is -0.137. The molecule has 1 aromatic carbocycles. The number of nitrogens with zero attached hydrogens (tertiary/aromatic N) is 4. The number of rotatable bonds is 3. The van der Waals surface area contributed by atoms with E-state index in [1.165, 1.54) is 18.2 Å². The molecule has 3 aromatic heterocycles. The molecule has 0 amide bonds. The van der Waals surface area contributed by atoms with Crippen LogP contribution in [0.15, 0.2) is 47.5 Å². The lowest BCUT2D eigenvalue weighted by Crippen LogP contribution is -2.26. The van der Waals surface area contributed by atoms with Crippen LogP contribution in [0.4, 0.5) is 13.2 Å². The summed E-state index contributed by atoms with van der Waals surface area (Å²) in [7, 11) is 1.75. The lowest BCUT2D eigenvalue weighted by Gasteiger charge is -2.26. The first-order chi connectivity index (χ1) is 16.2. The van der Waals surface area contributed by atoms with Crippen LogP contribution in [0.1, 0.15) is 43.0 Å². The van der Waals surface area contributed by atoms with Gasteiger partial charge in [0, 0.05) is 30.3 Å². The molecular weight excluding hydrogens is 447 g/mol. The number of alkyl halides is 3. The maximum absolute atomic E-state index is 13.1. The number of halogens is 3. The fourth-order valence-corrected chi connectivity index (χ4v) is 4.49. The van der Waals surface area contributed by atoms with Crippen LogP contribution in [0, 0.1) is 0 Å². The second-order valence-corrected chi connectivity index (χ2v) is 8.64. The van der Waals surface area contributed by atoms with E-state index < -0.39 is 23.4 Å². The van der Waals surface area contributed by atoms with Gasteiger partial charge in [-0.05, 0) is 31.0 Å². The number of aromatic nitrogens is 5. The smallest absolute Gasteiger partial charge is 0.392 e. The summed E-state index contributed by atoms with van der Waals surface area (Å²) in [5, 5.41) is 14.9. The predicted octanol–water partition coefficient (Wildman–Crippen LogP) is 4.42. The number of hydrogen-bond donors (Lipinski definition) is 2. The van der Waals surface area contributed by atoms with E-state index in [0.717, 1.165) is 31.4 Å². The first-order valence-electron chi connectivity index (χ1n) is 11.0. The highest BCUT2D eigenvalue weighted by molar-refractivity contribution is 5.93. The van der Waals surface area contributed by atoms with Crippen LogP contribution in [0.5, 0.6) is 0 Å². The molecule has 1 aliphatic carbocycles. The molecule has 3 heterocycles. The highest BCUT2D eigenvalue weighted by Crippen LogP contribution is 2.35. The SMILES string of the molecule is Cn1cc(-c2nc(-c3ccc(C(F)(F)F)cc3)cc3c(=O)[nH]c([C@@H]4CCCC[C@H]4O)nc23)cn1. The Morgan fingerprint density at radius 1 is 1.09 bits per heavy atom. The number of aliphatic hydroxyl groups is 1. The minimum Gasteiger partial charge on any atom is -0.392 e.